The van der Waals surface area contributed by atoms with Gasteiger partial charge in [-0.1, -0.05) is 18.6 Å². The molecular formula is C23H24N6O2. The Kier molecular flexibility index (Phi) is 4.99. The van der Waals surface area contributed by atoms with Crippen LogP contribution in [0.2, 0.25) is 0 Å². The number of nitrogens with one attached hydrogen (secondary N) is 1. The zero-order valence-electron chi connectivity index (χ0n) is 17.4. The van der Waals surface area contributed by atoms with Crippen molar-refractivity contribution in [2.24, 2.45) is 0 Å². The number of rotatable bonds is 6. The molecule has 1 aliphatic carbocycles. The number of nitrogens with zero attached hydrogens (tertiary/aromatic N) is 5. The molecule has 1 N–H and O–H groups in total. The average molecular weight is 416 g/mol. The summed E-state index contributed by atoms with van der Waals surface area (Å²) in [5.41, 5.74) is 3.06. The van der Waals surface area contributed by atoms with Crippen molar-refractivity contribution in [3.05, 3.63) is 82.3 Å². The van der Waals surface area contributed by atoms with E-state index < -0.39 is 5.91 Å². The summed E-state index contributed by atoms with van der Waals surface area (Å²) in [5, 5.41) is 2.81. The van der Waals surface area contributed by atoms with Crippen molar-refractivity contribution in [1.82, 2.24) is 29.0 Å². The van der Waals surface area contributed by atoms with E-state index in [4.69, 9.17) is 0 Å². The maximum atomic E-state index is 12.5. The molecule has 158 valence electrons. The summed E-state index contributed by atoms with van der Waals surface area (Å²) < 4.78 is 3.39. The Bertz CT molecular complexity index is 1320. The third-order valence-corrected chi connectivity index (χ3v) is 5.93. The van der Waals surface area contributed by atoms with Gasteiger partial charge >= 0.3 is 0 Å². The van der Waals surface area contributed by atoms with Gasteiger partial charge in [0.05, 0.1) is 12.2 Å². The van der Waals surface area contributed by atoms with Gasteiger partial charge in [-0.2, -0.15) is 0 Å². The van der Waals surface area contributed by atoms with Crippen LogP contribution in [0.3, 0.4) is 0 Å². The van der Waals surface area contributed by atoms with Crippen molar-refractivity contribution in [1.29, 1.82) is 0 Å². The van der Waals surface area contributed by atoms with Crippen molar-refractivity contribution in [3.8, 4) is 0 Å². The normalized spacial score (nSPS) is 14.3. The van der Waals surface area contributed by atoms with Crippen LogP contribution in [0, 0.1) is 0 Å². The van der Waals surface area contributed by atoms with E-state index in [1.54, 1.807) is 24.4 Å². The molecule has 1 amide bonds. The molecule has 0 aliphatic heterocycles. The molecule has 4 heterocycles. The van der Waals surface area contributed by atoms with Gasteiger partial charge in [-0.3, -0.25) is 18.9 Å². The molecule has 5 rings (SSSR count). The minimum atomic E-state index is -0.400. The van der Waals surface area contributed by atoms with Gasteiger partial charge in [-0.15, -0.1) is 0 Å². The number of imidazole rings is 1. The second-order valence-corrected chi connectivity index (χ2v) is 8.13. The smallest absolute Gasteiger partial charge is 0.270 e. The summed E-state index contributed by atoms with van der Waals surface area (Å²) in [7, 11) is 2.18. The van der Waals surface area contributed by atoms with Crippen molar-refractivity contribution in [2.45, 2.75) is 38.4 Å². The number of carbonyl (C=O) groups excluding carboxylic acids is 1. The highest BCUT2D eigenvalue weighted by molar-refractivity contribution is 5.92. The minimum absolute atomic E-state index is 0.0984. The molecular weight excluding hydrogens is 392 g/mol. The van der Waals surface area contributed by atoms with Crippen molar-refractivity contribution in [2.75, 3.05) is 7.05 Å². The van der Waals surface area contributed by atoms with Gasteiger partial charge in [0.1, 0.15) is 17.0 Å². The van der Waals surface area contributed by atoms with Crippen LogP contribution in [0.5, 0.6) is 0 Å². The second-order valence-electron chi connectivity index (χ2n) is 8.13. The van der Waals surface area contributed by atoms with Crippen LogP contribution >= 0.6 is 0 Å². The number of aromatic nitrogens is 4. The Labute approximate surface area is 179 Å². The largest absolute Gasteiger partial charge is 0.345 e. The topological polar surface area (TPSA) is 84.0 Å². The first-order chi connectivity index (χ1) is 15.1. The van der Waals surface area contributed by atoms with Gasteiger partial charge in [0.15, 0.2) is 0 Å². The van der Waals surface area contributed by atoms with Crippen LogP contribution in [0.25, 0.3) is 11.3 Å². The van der Waals surface area contributed by atoms with Gasteiger partial charge in [0.2, 0.25) is 0 Å². The van der Waals surface area contributed by atoms with Gasteiger partial charge < -0.3 is 9.72 Å². The zero-order chi connectivity index (χ0) is 21.4. The quantitative estimate of drug-likeness (QED) is 0.521. The summed E-state index contributed by atoms with van der Waals surface area (Å²) in [6, 6.07) is 11.3. The molecule has 0 aromatic carbocycles. The van der Waals surface area contributed by atoms with Crippen LogP contribution in [0.1, 0.15) is 41.0 Å². The molecule has 0 radical (unpaired) electrons. The highest BCUT2D eigenvalue weighted by Gasteiger charge is 2.21. The lowest BCUT2D eigenvalue weighted by molar-refractivity contribution is 0.0945. The van der Waals surface area contributed by atoms with Gasteiger partial charge in [-0.25, -0.2) is 9.97 Å². The number of carbonyl (C=O) groups is 1. The van der Waals surface area contributed by atoms with Crippen LogP contribution in [-0.2, 0) is 13.1 Å². The number of pyridine rings is 2. The fraction of sp³-hybridized carbons (Fsp3) is 0.304. The Morgan fingerprint density at radius 1 is 1.16 bits per heavy atom. The number of amides is 1. The molecule has 1 fully saturated rings. The average Bonchev–Trinajstić information content (AvgIpc) is 3.13. The molecule has 1 aliphatic rings. The number of hydrogen-bond donors (Lipinski definition) is 1. The molecule has 0 unspecified atom stereocenters. The Morgan fingerprint density at radius 3 is 2.84 bits per heavy atom. The van der Waals surface area contributed by atoms with E-state index in [-0.39, 0.29) is 17.8 Å². The predicted octanol–water partition coefficient (Wildman–Crippen LogP) is 2.26. The number of fused-ring (bicyclic) bond motifs is 2. The van der Waals surface area contributed by atoms with E-state index >= 15 is 0 Å². The SMILES string of the molecule is CN(Cc1ccc2nc(CNC(=O)c3cc(=O)n4ccccc4n3)cn2c1)C1CCC1. The van der Waals surface area contributed by atoms with E-state index in [1.807, 2.05) is 16.7 Å². The summed E-state index contributed by atoms with van der Waals surface area (Å²) in [5.74, 6) is -0.400. The molecule has 0 atom stereocenters. The fourth-order valence-electron chi connectivity index (χ4n) is 3.95. The lowest BCUT2D eigenvalue weighted by atomic mass is 9.92. The monoisotopic (exact) mass is 416 g/mol. The van der Waals surface area contributed by atoms with Crippen LogP contribution in [0.4, 0.5) is 0 Å². The fourth-order valence-corrected chi connectivity index (χ4v) is 3.95. The summed E-state index contributed by atoms with van der Waals surface area (Å²) in [6.07, 6.45) is 9.54. The van der Waals surface area contributed by atoms with E-state index in [0.717, 1.165) is 17.9 Å². The van der Waals surface area contributed by atoms with E-state index in [2.05, 4.69) is 39.5 Å². The Hall–Kier alpha value is -3.52. The standard InChI is InChI=1S/C23H24N6O2/c1-27(18-5-4-6-18)13-16-8-9-20-25-17(15-28(20)14-16)12-24-23(31)19-11-22(30)29-10-3-2-7-21(29)26-19/h2-3,7-11,14-15,18H,4-6,12-13H2,1H3,(H,24,31). The summed E-state index contributed by atoms with van der Waals surface area (Å²) >= 11 is 0. The molecule has 8 nitrogen and oxygen atoms in total. The van der Waals surface area contributed by atoms with Crippen LogP contribution in [-0.4, -0.2) is 42.7 Å². The molecule has 31 heavy (non-hydrogen) atoms. The van der Waals surface area contributed by atoms with Crippen molar-refractivity contribution >= 4 is 17.2 Å². The predicted molar refractivity (Wildman–Crippen MR) is 117 cm³/mol. The first-order valence-electron chi connectivity index (χ1n) is 10.5. The lowest BCUT2D eigenvalue weighted by Gasteiger charge is -2.34. The highest BCUT2D eigenvalue weighted by atomic mass is 16.2. The third kappa shape index (κ3) is 3.94. The third-order valence-electron chi connectivity index (χ3n) is 5.93. The molecule has 4 aromatic rings. The maximum Gasteiger partial charge on any atom is 0.270 e. The molecule has 8 heteroatoms. The van der Waals surface area contributed by atoms with Crippen molar-refractivity contribution in [3.63, 3.8) is 0 Å². The summed E-state index contributed by atoms with van der Waals surface area (Å²) in [4.78, 5) is 36.0. The van der Waals surface area contributed by atoms with E-state index in [0.29, 0.717) is 11.7 Å². The van der Waals surface area contributed by atoms with Gasteiger partial charge in [0.25, 0.3) is 11.5 Å². The molecule has 0 saturated heterocycles. The van der Waals surface area contributed by atoms with Crippen molar-refractivity contribution < 1.29 is 4.79 Å². The Balaban J connectivity index is 1.28. The highest BCUT2D eigenvalue weighted by Crippen LogP contribution is 2.24. The summed E-state index contributed by atoms with van der Waals surface area (Å²) in [6.45, 7) is 1.17. The van der Waals surface area contributed by atoms with Gasteiger partial charge in [0, 0.05) is 37.2 Å². The molecule has 1 saturated carbocycles. The molecule has 4 aromatic heterocycles. The minimum Gasteiger partial charge on any atom is -0.345 e. The lowest BCUT2D eigenvalue weighted by Crippen LogP contribution is -2.36. The Morgan fingerprint density at radius 2 is 2.03 bits per heavy atom. The van der Waals surface area contributed by atoms with E-state index in [1.165, 1.54) is 35.3 Å². The first kappa shape index (κ1) is 19.4. The second kappa shape index (κ2) is 7.96. The first-order valence-corrected chi connectivity index (χ1v) is 10.5. The number of hydrogen-bond acceptors (Lipinski definition) is 5. The molecule has 0 bridgehead atoms. The van der Waals surface area contributed by atoms with Gasteiger partial charge in [-0.05, 0) is 43.7 Å². The van der Waals surface area contributed by atoms with Crippen LogP contribution in [0.15, 0.2) is 59.8 Å². The maximum absolute atomic E-state index is 12.5. The van der Waals surface area contributed by atoms with E-state index in [9.17, 15) is 9.59 Å². The zero-order valence-corrected chi connectivity index (χ0v) is 17.4. The van der Waals surface area contributed by atoms with Crippen LogP contribution < -0.4 is 10.9 Å². The molecule has 0 spiro atoms.